The second-order valence-electron chi connectivity index (χ2n) is 5.38. The largest absolute Gasteiger partial charge is 0.496 e. The number of methoxy groups -OCH3 is 2. The van der Waals surface area contributed by atoms with E-state index in [1.165, 1.54) is 0 Å². The minimum atomic E-state index is -0.208. The fourth-order valence-corrected chi connectivity index (χ4v) is 3.28. The first-order chi connectivity index (χ1) is 10.1. The molecule has 0 saturated carbocycles. The lowest BCUT2D eigenvalue weighted by molar-refractivity contribution is -0.109. The zero-order valence-electron chi connectivity index (χ0n) is 12.9. The maximum Gasteiger partial charge on any atom is 0.122 e. The Labute approximate surface area is 131 Å². The quantitative estimate of drug-likeness (QED) is 0.876. The summed E-state index contributed by atoms with van der Waals surface area (Å²) >= 11 is 6.13. The summed E-state index contributed by atoms with van der Waals surface area (Å²) in [6, 6.07) is 5.90. The van der Waals surface area contributed by atoms with Crippen molar-refractivity contribution in [2.24, 2.45) is 0 Å². The Morgan fingerprint density at radius 1 is 1.33 bits per heavy atom. The van der Waals surface area contributed by atoms with Crippen LogP contribution in [0.5, 0.6) is 5.75 Å². The van der Waals surface area contributed by atoms with Crippen molar-refractivity contribution in [2.45, 2.75) is 30.9 Å². The Morgan fingerprint density at radius 3 is 2.62 bits per heavy atom. The van der Waals surface area contributed by atoms with E-state index >= 15 is 0 Å². The first-order valence-electron chi connectivity index (χ1n) is 7.28. The van der Waals surface area contributed by atoms with Gasteiger partial charge in [-0.2, -0.15) is 0 Å². The van der Waals surface area contributed by atoms with Gasteiger partial charge >= 0.3 is 0 Å². The Balaban J connectivity index is 2.23. The smallest absolute Gasteiger partial charge is 0.122 e. The van der Waals surface area contributed by atoms with E-state index in [1.807, 2.05) is 25.2 Å². The van der Waals surface area contributed by atoms with Crippen LogP contribution in [0, 0.1) is 0 Å². The molecule has 1 N–H and O–H groups in total. The van der Waals surface area contributed by atoms with Gasteiger partial charge in [0.05, 0.1) is 12.7 Å². The van der Waals surface area contributed by atoms with Gasteiger partial charge in [-0.1, -0.05) is 11.6 Å². The van der Waals surface area contributed by atoms with Crippen LogP contribution >= 0.6 is 11.6 Å². The van der Waals surface area contributed by atoms with Crippen molar-refractivity contribution in [2.75, 3.05) is 34.5 Å². The lowest BCUT2D eigenvalue weighted by Crippen LogP contribution is -2.55. The van der Waals surface area contributed by atoms with Crippen LogP contribution in [0.1, 0.15) is 18.4 Å². The standard InChI is InChI=1S/C16H24ClNO3/c1-18-15(16(20-3)6-8-21-9-7-16)11-12-10-13(17)4-5-14(12)19-2/h4-5,10,15,18H,6-9,11H2,1-3H3. The summed E-state index contributed by atoms with van der Waals surface area (Å²) in [6.45, 7) is 1.47. The van der Waals surface area contributed by atoms with Crippen molar-refractivity contribution in [3.8, 4) is 5.75 Å². The topological polar surface area (TPSA) is 39.7 Å². The average molecular weight is 314 g/mol. The molecule has 0 spiro atoms. The fourth-order valence-electron chi connectivity index (χ4n) is 3.09. The van der Waals surface area contributed by atoms with Gasteiger partial charge in [-0.25, -0.2) is 0 Å². The molecular formula is C16H24ClNO3. The highest BCUT2D eigenvalue weighted by Gasteiger charge is 2.40. The van der Waals surface area contributed by atoms with Crippen LogP contribution in [0.15, 0.2) is 18.2 Å². The number of rotatable bonds is 6. The lowest BCUT2D eigenvalue weighted by Gasteiger charge is -2.42. The van der Waals surface area contributed by atoms with Crippen molar-refractivity contribution < 1.29 is 14.2 Å². The highest BCUT2D eigenvalue weighted by atomic mass is 35.5. The highest BCUT2D eigenvalue weighted by Crippen LogP contribution is 2.32. The zero-order valence-corrected chi connectivity index (χ0v) is 13.7. The summed E-state index contributed by atoms with van der Waals surface area (Å²) in [5.41, 5.74) is 0.882. The summed E-state index contributed by atoms with van der Waals surface area (Å²) in [6.07, 6.45) is 2.57. The van der Waals surface area contributed by atoms with Crippen molar-refractivity contribution in [1.29, 1.82) is 0 Å². The van der Waals surface area contributed by atoms with Gasteiger partial charge in [0.25, 0.3) is 0 Å². The van der Waals surface area contributed by atoms with Crippen molar-refractivity contribution >= 4 is 11.6 Å². The predicted molar refractivity (Wildman–Crippen MR) is 84.3 cm³/mol. The number of likely N-dealkylation sites (N-methyl/N-ethyl adjacent to an activating group) is 1. The molecule has 2 rings (SSSR count). The molecule has 1 aliphatic heterocycles. The molecule has 1 aromatic rings. The maximum absolute atomic E-state index is 6.13. The van der Waals surface area contributed by atoms with Crippen LogP contribution in [-0.2, 0) is 15.9 Å². The third-order valence-corrected chi connectivity index (χ3v) is 4.63. The van der Waals surface area contributed by atoms with Gasteiger partial charge in [0.15, 0.2) is 0 Å². The third kappa shape index (κ3) is 3.69. The molecule has 0 radical (unpaired) electrons. The summed E-state index contributed by atoms with van der Waals surface area (Å²) in [5.74, 6) is 0.859. The lowest BCUT2D eigenvalue weighted by atomic mass is 9.82. The van der Waals surface area contributed by atoms with E-state index in [9.17, 15) is 0 Å². The van der Waals surface area contributed by atoms with Crippen LogP contribution in [0.3, 0.4) is 0 Å². The van der Waals surface area contributed by atoms with Crippen LogP contribution in [-0.4, -0.2) is 46.1 Å². The molecule has 0 amide bonds. The maximum atomic E-state index is 6.13. The molecule has 21 heavy (non-hydrogen) atoms. The van der Waals surface area contributed by atoms with Gasteiger partial charge in [0, 0.05) is 44.2 Å². The molecule has 0 aliphatic carbocycles. The van der Waals surface area contributed by atoms with E-state index in [4.69, 9.17) is 25.8 Å². The molecule has 0 aromatic heterocycles. The third-order valence-electron chi connectivity index (χ3n) is 4.40. The number of hydrogen-bond acceptors (Lipinski definition) is 4. The first kappa shape index (κ1) is 16.6. The molecule has 1 saturated heterocycles. The molecule has 0 bridgehead atoms. The normalized spacial score (nSPS) is 19.2. The Morgan fingerprint density at radius 2 is 2.05 bits per heavy atom. The second kappa shape index (κ2) is 7.45. The summed E-state index contributed by atoms with van der Waals surface area (Å²) in [5, 5.41) is 4.12. The second-order valence-corrected chi connectivity index (χ2v) is 5.82. The average Bonchev–Trinajstić information content (AvgIpc) is 2.53. The molecule has 1 fully saturated rings. The SMILES string of the molecule is CNC(Cc1cc(Cl)ccc1OC)C1(OC)CCOCC1. The van der Waals surface area contributed by atoms with Crippen LogP contribution in [0.4, 0.5) is 0 Å². The molecular weight excluding hydrogens is 290 g/mol. The first-order valence-corrected chi connectivity index (χ1v) is 7.65. The van der Waals surface area contributed by atoms with Gasteiger partial charge < -0.3 is 19.5 Å². The van der Waals surface area contributed by atoms with Crippen LogP contribution in [0.2, 0.25) is 5.02 Å². The Bertz CT molecular complexity index is 461. The number of hydrogen-bond donors (Lipinski definition) is 1. The predicted octanol–water partition coefficient (Wildman–Crippen LogP) is 2.67. The van der Waals surface area contributed by atoms with Crippen molar-refractivity contribution in [1.82, 2.24) is 5.32 Å². The molecule has 4 nitrogen and oxygen atoms in total. The number of benzene rings is 1. The van der Waals surface area contributed by atoms with Crippen LogP contribution in [0.25, 0.3) is 0 Å². The molecule has 1 unspecified atom stereocenters. The minimum Gasteiger partial charge on any atom is -0.496 e. The van der Waals surface area contributed by atoms with E-state index in [-0.39, 0.29) is 11.6 Å². The zero-order chi connectivity index (χ0) is 15.3. The fraction of sp³-hybridized carbons (Fsp3) is 0.625. The number of halogens is 1. The highest BCUT2D eigenvalue weighted by molar-refractivity contribution is 6.30. The van der Waals surface area contributed by atoms with E-state index in [0.29, 0.717) is 0 Å². The Kier molecular flexibility index (Phi) is 5.88. The molecule has 1 atom stereocenters. The Hall–Kier alpha value is -0.810. The number of nitrogens with one attached hydrogen (secondary N) is 1. The van der Waals surface area contributed by atoms with Crippen molar-refractivity contribution in [3.05, 3.63) is 28.8 Å². The summed E-state index contributed by atoms with van der Waals surface area (Å²) in [7, 11) is 5.43. The number of ether oxygens (including phenoxy) is 3. The van der Waals surface area contributed by atoms with E-state index in [2.05, 4.69) is 5.32 Å². The summed E-state index contributed by atoms with van der Waals surface area (Å²) in [4.78, 5) is 0. The summed E-state index contributed by atoms with van der Waals surface area (Å²) < 4.78 is 16.8. The molecule has 118 valence electrons. The molecule has 1 aliphatic rings. The molecule has 1 aromatic carbocycles. The van der Waals surface area contributed by atoms with Gasteiger partial charge in [0.2, 0.25) is 0 Å². The van der Waals surface area contributed by atoms with Gasteiger partial charge in [-0.05, 0) is 37.2 Å². The van der Waals surface area contributed by atoms with Crippen molar-refractivity contribution in [3.63, 3.8) is 0 Å². The van der Waals surface area contributed by atoms with E-state index in [0.717, 1.165) is 48.8 Å². The van der Waals surface area contributed by atoms with Gasteiger partial charge in [-0.3, -0.25) is 0 Å². The molecule has 1 heterocycles. The van der Waals surface area contributed by atoms with Gasteiger partial charge in [0.1, 0.15) is 5.75 Å². The van der Waals surface area contributed by atoms with E-state index in [1.54, 1.807) is 14.2 Å². The monoisotopic (exact) mass is 313 g/mol. The van der Waals surface area contributed by atoms with E-state index < -0.39 is 0 Å². The van der Waals surface area contributed by atoms with Crippen LogP contribution < -0.4 is 10.1 Å². The van der Waals surface area contributed by atoms with Gasteiger partial charge in [-0.15, -0.1) is 0 Å². The molecule has 5 heteroatoms. The minimum absolute atomic E-state index is 0.179.